The summed E-state index contributed by atoms with van der Waals surface area (Å²) in [6.45, 7) is 5.76. The summed E-state index contributed by atoms with van der Waals surface area (Å²) in [5.74, 6) is 0.178. The third-order valence-corrected chi connectivity index (χ3v) is 4.26. The van der Waals surface area contributed by atoms with Gasteiger partial charge in [0.05, 0.1) is 17.0 Å². The van der Waals surface area contributed by atoms with Gasteiger partial charge in [-0.3, -0.25) is 9.78 Å². The Kier molecular flexibility index (Phi) is 4.76. The Bertz CT molecular complexity index is 890. The number of rotatable bonds is 4. The van der Waals surface area contributed by atoms with E-state index in [-0.39, 0.29) is 11.7 Å². The predicted octanol–water partition coefficient (Wildman–Crippen LogP) is 3.68. The molecule has 1 amide bonds. The van der Waals surface area contributed by atoms with Crippen molar-refractivity contribution < 1.29 is 4.79 Å². The molecule has 1 N–H and O–H groups in total. The lowest BCUT2D eigenvalue weighted by Gasteiger charge is -2.09. The summed E-state index contributed by atoms with van der Waals surface area (Å²) in [7, 11) is 0. The van der Waals surface area contributed by atoms with Gasteiger partial charge in [0.1, 0.15) is 0 Å². The van der Waals surface area contributed by atoms with Crippen molar-refractivity contribution in [1.82, 2.24) is 15.0 Å². The number of benzene rings is 1. The van der Waals surface area contributed by atoms with Crippen LogP contribution in [0.5, 0.6) is 0 Å². The highest BCUT2D eigenvalue weighted by Crippen LogP contribution is 2.23. The van der Waals surface area contributed by atoms with E-state index in [0.717, 1.165) is 33.7 Å². The predicted molar refractivity (Wildman–Crippen MR) is 97.3 cm³/mol. The zero-order valence-electron chi connectivity index (χ0n) is 13.8. The second-order valence-corrected chi connectivity index (χ2v) is 6.54. The number of hydrogen-bond acceptors (Lipinski definition) is 5. The minimum absolute atomic E-state index is 0.0847. The number of aromatic nitrogens is 3. The van der Waals surface area contributed by atoms with Crippen molar-refractivity contribution in [3.8, 4) is 0 Å². The van der Waals surface area contributed by atoms with Gasteiger partial charge in [-0.1, -0.05) is 30.0 Å². The van der Waals surface area contributed by atoms with Crippen molar-refractivity contribution in [2.45, 2.75) is 25.9 Å². The van der Waals surface area contributed by atoms with Gasteiger partial charge < -0.3 is 5.32 Å². The number of thioether (sulfide) groups is 1. The van der Waals surface area contributed by atoms with Crippen LogP contribution in [-0.4, -0.2) is 26.6 Å². The quantitative estimate of drug-likeness (QED) is 0.580. The van der Waals surface area contributed by atoms with Crippen LogP contribution in [0.1, 0.15) is 17.1 Å². The Morgan fingerprint density at radius 1 is 1.00 bits per heavy atom. The Hall–Kier alpha value is -2.47. The van der Waals surface area contributed by atoms with E-state index < -0.39 is 0 Å². The van der Waals surface area contributed by atoms with Crippen molar-refractivity contribution in [2.75, 3.05) is 11.1 Å². The summed E-state index contributed by atoms with van der Waals surface area (Å²) in [6.07, 6.45) is 0. The number of hydrogen-bond donors (Lipinski definition) is 1. The van der Waals surface area contributed by atoms with Gasteiger partial charge in [-0.25, -0.2) is 9.97 Å². The van der Waals surface area contributed by atoms with Gasteiger partial charge in [0.25, 0.3) is 0 Å². The molecule has 0 saturated carbocycles. The number of aryl methyl sites for hydroxylation is 3. The minimum atomic E-state index is -0.0847. The van der Waals surface area contributed by atoms with Crippen LogP contribution in [0, 0.1) is 20.8 Å². The molecular formula is C18H18N4OS. The summed E-state index contributed by atoms with van der Waals surface area (Å²) in [5.41, 5.74) is 4.33. The number of para-hydroxylation sites is 1. The molecule has 0 aliphatic carbocycles. The highest BCUT2D eigenvalue weighted by molar-refractivity contribution is 7.99. The van der Waals surface area contributed by atoms with E-state index in [1.165, 1.54) is 11.8 Å². The van der Waals surface area contributed by atoms with E-state index in [1.807, 2.05) is 57.2 Å². The zero-order valence-corrected chi connectivity index (χ0v) is 14.6. The van der Waals surface area contributed by atoms with Crippen LogP contribution in [0.15, 0.2) is 41.6 Å². The summed E-state index contributed by atoms with van der Waals surface area (Å²) >= 11 is 1.34. The second-order valence-electron chi connectivity index (χ2n) is 5.60. The monoisotopic (exact) mass is 338 g/mol. The molecule has 122 valence electrons. The molecule has 0 saturated heterocycles. The third kappa shape index (κ3) is 3.89. The molecule has 3 aromatic rings. The van der Waals surface area contributed by atoms with Crippen LogP contribution in [-0.2, 0) is 4.79 Å². The normalized spacial score (nSPS) is 10.8. The maximum absolute atomic E-state index is 12.3. The number of anilines is 1. The first kappa shape index (κ1) is 16.4. The smallest absolute Gasteiger partial charge is 0.234 e. The molecule has 3 rings (SSSR count). The molecule has 2 heterocycles. The standard InChI is InChI=1S/C18H18N4OS/c1-11-8-12(2)21-18(20-11)24-10-17(23)22-16-9-13(3)19-15-7-5-4-6-14(15)16/h4-9H,10H2,1-3H3,(H,19,22,23). The van der Waals surface area contributed by atoms with Crippen molar-refractivity contribution in [1.29, 1.82) is 0 Å². The number of amides is 1. The fourth-order valence-electron chi connectivity index (χ4n) is 2.49. The molecule has 0 fully saturated rings. The van der Waals surface area contributed by atoms with Gasteiger partial charge in [0.15, 0.2) is 5.16 Å². The van der Waals surface area contributed by atoms with Gasteiger partial charge in [0, 0.05) is 22.5 Å². The van der Waals surface area contributed by atoms with Gasteiger partial charge in [-0.15, -0.1) is 0 Å². The first-order valence-corrected chi connectivity index (χ1v) is 8.61. The SMILES string of the molecule is Cc1cc(C)nc(SCC(=O)Nc2cc(C)nc3ccccc23)n1. The Labute approximate surface area is 144 Å². The van der Waals surface area contributed by atoms with Gasteiger partial charge in [-0.05, 0) is 39.0 Å². The van der Waals surface area contributed by atoms with Crippen LogP contribution >= 0.6 is 11.8 Å². The number of pyridine rings is 1. The number of carbonyl (C=O) groups is 1. The molecule has 2 aromatic heterocycles. The van der Waals surface area contributed by atoms with E-state index in [2.05, 4.69) is 20.3 Å². The van der Waals surface area contributed by atoms with E-state index in [0.29, 0.717) is 5.16 Å². The summed E-state index contributed by atoms with van der Waals surface area (Å²) < 4.78 is 0. The summed E-state index contributed by atoms with van der Waals surface area (Å²) in [6, 6.07) is 11.6. The first-order valence-electron chi connectivity index (χ1n) is 7.62. The van der Waals surface area contributed by atoms with E-state index in [4.69, 9.17) is 0 Å². The highest BCUT2D eigenvalue weighted by atomic mass is 32.2. The van der Waals surface area contributed by atoms with Crippen molar-refractivity contribution >= 4 is 34.3 Å². The maximum Gasteiger partial charge on any atom is 0.234 e. The van der Waals surface area contributed by atoms with Crippen LogP contribution < -0.4 is 5.32 Å². The third-order valence-electron chi connectivity index (χ3n) is 3.41. The fourth-order valence-corrected chi connectivity index (χ4v) is 3.24. The van der Waals surface area contributed by atoms with E-state index in [9.17, 15) is 4.79 Å². The molecule has 0 aliphatic heterocycles. The van der Waals surface area contributed by atoms with Crippen LogP contribution in [0.4, 0.5) is 5.69 Å². The molecule has 5 nitrogen and oxygen atoms in total. The van der Waals surface area contributed by atoms with E-state index >= 15 is 0 Å². The molecule has 0 atom stereocenters. The molecule has 0 radical (unpaired) electrons. The number of carbonyl (C=O) groups excluding carboxylic acids is 1. The molecule has 24 heavy (non-hydrogen) atoms. The zero-order chi connectivity index (χ0) is 17.1. The number of fused-ring (bicyclic) bond motifs is 1. The van der Waals surface area contributed by atoms with Crippen LogP contribution in [0.25, 0.3) is 10.9 Å². The van der Waals surface area contributed by atoms with Gasteiger partial charge in [-0.2, -0.15) is 0 Å². The second kappa shape index (κ2) is 6.97. The minimum Gasteiger partial charge on any atom is -0.325 e. The van der Waals surface area contributed by atoms with Crippen LogP contribution in [0.3, 0.4) is 0 Å². The maximum atomic E-state index is 12.3. The molecule has 1 aromatic carbocycles. The Balaban J connectivity index is 1.73. The van der Waals surface area contributed by atoms with E-state index in [1.54, 1.807) is 0 Å². The molecule has 0 spiro atoms. The van der Waals surface area contributed by atoms with Crippen LogP contribution in [0.2, 0.25) is 0 Å². The van der Waals surface area contributed by atoms with Crippen molar-refractivity contribution in [2.24, 2.45) is 0 Å². The molecular weight excluding hydrogens is 320 g/mol. The highest BCUT2D eigenvalue weighted by Gasteiger charge is 2.09. The van der Waals surface area contributed by atoms with Crippen molar-refractivity contribution in [3.05, 3.63) is 53.5 Å². The lowest BCUT2D eigenvalue weighted by Crippen LogP contribution is -2.15. The largest absolute Gasteiger partial charge is 0.325 e. The first-order chi connectivity index (χ1) is 11.5. The molecule has 0 aliphatic rings. The average Bonchev–Trinajstić information content (AvgIpc) is 2.52. The number of nitrogens with one attached hydrogen (secondary N) is 1. The molecule has 0 bridgehead atoms. The lowest BCUT2D eigenvalue weighted by atomic mass is 10.1. The summed E-state index contributed by atoms with van der Waals surface area (Å²) in [4.78, 5) is 25.5. The van der Waals surface area contributed by atoms with Crippen molar-refractivity contribution in [3.63, 3.8) is 0 Å². The van der Waals surface area contributed by atoms with Gasteiger partial charge in [0.2, 0.25) is 5.91 Å². The summed E-state index contributed by atoms with van der Waals surface area (Å²) in [5, 5.41) is 4.53. The van der Waals surface area contributed by atoms with Gasteiger partial charge >= 0.3 is 0 Å². The Morgan fingerprint density at radius 2 is 1.67 bits per heavy atom. The number of nitrogens with zero attached hydrogens (tertiary/aromatic N) is 3. The molecule has 6 heteroatoms. The fraction of sp³-hybridized carbons (Fsp3) is 0.222. The average molecular weight is 338 g/mol. The molecule has 0 unspecified atom stereocenters. The Morgan fingerprint density at radius 3 is 2.42 bits per heavy atom. The lowest BCUT2D eigenvalue weighted by molar-refractivity contribution is -0.113. The topological polar surface area (TPSA) is 67.8 Å².